The topological polar surface area (TPSA) is 109 Å². The van der Waals surface area contributed by atoms with E-state index in [0.29, 0.717) is 37.8 Å². The third-order valence-corrected chi connectivity index (χ3v) is 4.60. The monoisotopic (exact) mass is 392 g/mol. The Morgan fingerprint density at radius 1 is 0.931 bits per heavy atom. The summed E-state index contributed by atoms with van der Waals surface area (Å²) >= 11 is 0. The molecule has 4 heterocycles. The Morgan fingerprint density at radius 3 is 2.48 bits per heavy atom. The molecule has 29 heavy (non-hydrogen) atoms. The molecular formula is C19H20N8O2. The molecule has 0 saturated carbocycles. The highest BCUT2D eigenvalue weighted by molar-refractivity contribution is 5.76. The molecule has 4 rings (SSSR count). The quantitative estimate of drug-likeness (QED) is 0.669. The molecule has 3 aromatic heterocycles. The summed E-state index contributed by atoms with van der Waals surface area (Å²) in [7, 11) is 0. The first-order chi connectivity index (χ1) is 14.2. The van der Waals surface area contributed by atoms with Gasteiger partial charge in [0.05, 0.1) is 0 Å². The van der Waals surface area contributed by atoms with E-state index in [1.54, 1.807) is 17.2 Å². The molecule has 0 aliphatic carbocycles. The van der Waals surface area contributed by atoms with Gasteiger partial charge in [-0.15, -0.1) is 10.2 Å². The maximum atomic E-state index is 12.4. The Labute approximate surface area is 166 Å². The van der Waals surface area contributed by atoms with Gasteiger partial charge in [0, 0.05) is 44.6 Å². The van der Waals surface area contributed by atoms with Gasteiger partial charge in [0.25, 0.3) is 5.56 Å². The number of piperazine rings is 1. The van der Waals surface area contributed by atoms with Gasteiger partial charge >= 0.3 is 0 Å². The number of hydrogen-bond acceptors (Lipinski definition) is 8. The van der Waals surface area contributed by atoms with Crippen LogP contribution in [0.5, 0.6) is 0 Å². The number of nitrogens with zero attached hydrogens (tertiary/aromatic N) is 7. The Hall–Kier alpha value is -3.82. The predicted octanol–water partition coefficient (Wildman–Crippen LogP) is 0.521. The maximum Gasteiger partial charge on any atom is 0.267 e. The van der Waals surface area contributed by atoms with Gasteiger partial charge in [0.2, 0.25) is 5.91 Å². The third kappa shape index (κ3) is 4.54. The zero-order chi connectivity index (χ0) is 20.1. The molecule has 0 bridgehead atoms. The van der Waals surface area contributed by atoms with Crippen LogP contribution in [0.1, 0.15) is 0 Å². The van der Waals surface area contributed by atoms with Crippen LogP contribution in [0.4, 0.5) is 17.5 Å². The molecule has 0 atom stereocenters. The van der Waals surface area contributed by atoms with Crippen molar-refractivity contribution in [1.82, 2.24) is 29.9 Å². The van der Waals surface area contributed by atoms with Gasteiger partial charge in [-0.1, -0.05) is 6.07 Å². The normalized spacial score (nSPS) is 13.9. The number of aromatic nitrogens is 5. The lowest BCUT2D eigenvalue weighted by Crippen LogP contribution is -2.50. The highest BCUT2D eigenvalue weighted by Gasteiger charge is 2.22. The number of nitrogens with one attached hydrogen (secondary N) is 1. The molecular weight excluding hydrogens is 372 g/mol. The number of pyridine rings is 1. The minimum atomic E-state index is -0.283. The molecule has 3 aromatic rings. The van der Waals surface area contributed by atoms with E-state index in [2.05, 4.69) is 30.5 Å². The highest BCUT2D eigenvalue weighted by atomic mass is 16.2. The van der Waals surface area contributed by atoms with Gasteiger partial charge in [-0.05, 0) is 30.3 Å². The van der Waals surface area contributed by atoms with Gasteiger partial charge in [0.1, 0.15) is 12.4 Å². The van der Waals surface area contributed by atoms with E-state index in [9.17, 15) is 9.59 Å². The summed E-state index contributed by atoms with van der Waals surface area (Å²) in [5.74, 6) is 1.95. The van der Waals surface area contributed by atoms with E-state index < -0.39 is 0 Å². The zero-order valence-electron chi connectivity index (χ0n) is 15.7. The van der Waals surface area contributed by atoms with Crippen LogP contribution in [0, 0.1) is 0 Å². The summed E-state index contributed by atoms with van der Waals surface area (Å²) in [6.07, 6.45) is 3.20. The van der Waals surface area contributed by atoms with Crippen LogP contribution in [0.3, 0.4) is 0 Å². The van der Waals surface area contributed by atoms with Crippen molar-refractivity contribution in [2.24, 2.45) is 0 Å². The van der Waals surface area contributed by atoms with E-state index in [-0.39, 0.29) is 18.0 Å². The number of rotatable bonds is 5. The van der Waals surface area contributed by atoms with E-state index in [4.69, 9.17) is 0 Å². The van der Waals surface area contributed by atoms with E-state index >= 15 is 0 Å². The summed E-state index contributed by atoms with van der Waals surface area (Å²) in [5.41, 5.74) is -0.283. The number of carbonyl (C=O) groups excluding carboxylic acids is 1. The van der Waals surface area contributed by atoms with Crippen molar-refractivity contribution in [3.63, 3.8) is 0 Å². The molecule has 1 amide bonds. The minimum Gasteiger partial charge on any atom is -0.352 e. The molecule has 1 aliphatic rings. The van der Waals surface area contributed by atoms with Crippen LogP contribution in [0.2, 0.25) is 0 Å². The molecule has 0 spiro atoms. The van der Waals surface area contributed by atoms with Gasteiger partial charge in [-0.3, -0.25) is 9.59 Å². The first-order valence-corrected chi connectivity index (χ1v) is 9.26. The van der Waals surface area contributed by atoms with Crippen LogP contribution >= 0.6 is 0 Å². The van der Waals surface area contributed by atoms with Crippen molar-refractivity contribution in [2.45, 2.75) is 6.54 Å². The lowest BCUT2D eigenvalue weighted by atomic mass is 10.3. The van der Waals surface area contributed by atoms with E-state index in [1.165, 1.54) is 16.9 Å². The van der Waals surface area contributed by atoms with Gasteiger partial charge in [0.15, 0.2) is 11.6 Å². The van der Waals surface area contributed by atoms with Crippen LogP contribution < -0.4 is 15.8 Å². The molecule has 1 N–H and O–H groups in total. The number of carbonyl (C=O) groups is 1. The van der Waals surface area contributed by atoms with Crippen molar-refractivity contribution < 1.29 is 4.79 Å². The average molecular weight is 392 g/mol. The smallest absolute Gasteiger partial charge is 0.267 e. The van der Waals surface area contributed by atoms with Crippen LogP contribution in [0.25, 0.3) is 0 Å². The summed E-state index contributed by atoms with van der Waals surface area (Å²) in [6.45, 7) is 2.34. The first kappa shape index (κ1) is 18.5. The van der Waals surface area contributed by atoms with Crippen molar-refractivity contribution in [1.29, 1.82) is 0 Å². The van der Waals surface area contributed by atoms with Crippen molar-refractivity contribution in [3.05, 3.63) is 65.2 Å². The minimum absolute atomic E-state index is 0.0482. The second kappa shape index (κ2) is 8.46. The fraction of sp³-hybridized carbons (Fsp3) is 0.263. The lowest BCUT2D eigenvalue weighted by molar-refractivity contribution is -0.132. The Balaban J connectivity index is 1.32. The molecule has 1 aliphatic heterocycles. The highest BCUT2D eigenvalue weighted by Crippen LogP contribution is 2.16. The van der Waals surface area contributed by atoms with Crippen molar-refractivity contribution in [2.75, 3.05) is 36.4 Å². The Kier molecular flexibility index (Phi) is 5.41. The summed E-state index contributed by atoms with van der Waals surface area (Å²) in [6, 6.07) is 12.3. The van der Waals surface area contributed by atoms with Gasteiger partial charge in [-0.2, -0.15) is 5.10 Å². The molecule has 0 unspecified atom stereocenters. The summed E-state index contributed by atoms with van der Waals surface area (Å²) in [4.78, 5) is 32.2. The molecule has 0 aromatic carbocycles. The molecule has 0 radical (unpaired) electrons. The Morgan fingerprint density at radius 2 is 1.79 bits per heavy atom. The predicted molar refractivity (Wildman–Crippen MR) is 107 cm³/mol. The van der Waals surface area contributed by atoms with Gasteiger partial charge in [-0.25, -0.2) is 9.67 Å². The molecule has 10 nitrogen and oxygen atoms in total. The van der Waals surface area contributed by atoms with Crippen LogP contribution in [-0.2, 0) is 11.3 Å². The molecule has 10 heteroatoms. The number of anilines is 3. The lowest BCUT2D eigenvalue weighted by Gasteiger charge is -2.35. The largest absolute Gasteiger partial charge is 0.352 e. The standard InChI is InChI=1S/C19H20N8O2/c28-18-5-3-9-21-27(18)14-19(29)26-12-10-25(11-13-26)17-7-6-16(23-24-17)22-15-4-1-2-8-20-15/h1-9H,10-14H2,(H,20,22,23). The fourth-order valence-corrected chi connectivity index (χ4v) is 3.05. The number of amides is 1. The van der Waals surface area contributed by atoms with Crippen molar-refractivity contribution >= 4 is 23.4 Å². The van der Waals surface area contributed by atoms with Gasteiger partial charge < -0.3 is 15.1 Å². The first-order valence-electron chi connectivity index (χ1n) is 9.26. The SMILES string of the molecule is O=C(Cn1ncccc1=O)N1CCN(c2ccc(Nc3ccccn3)nn2)CC1. The maximum absolute atomic E-state index is 12.4. The number of hydrogen-bond donors (Lipinski definition) is 1. The molecule has 1 saturated heterocycles. The van der Waals surface area contributed by atoms with Crippen molar-refractivity contribution in [3.8, 4) is 0 Å². The second-order valence-corrected chi connectivity index (χ2v) is 6.50. The molecule has 1 fully saturated rings. The van der Waals surface area contributed by atoms with E-state index in [0.717, 1.165) is 5.82 Å². The van der Waals surface area contributed by atoms with E-state index in [1.807, 2.05) is 30.3 Å². The van der Waals surface area contributed by atoms with Crippen LogP contribution in [0.15, 0.2) is 59.7 Å². The summed E-state index contributed by atoms with van der Waals surface area (Å²) in [5, 5.41) is 15.5. The second-order valence-electron chi connectivity index (χ2n) is 6.50. The zero-order valence-corrected chi connectivity index (χ0v) is 15.7. The summed E-state index contributed by atoms with van der Waals surface area (Å²) < 4.78 is 1.17. The fourth-order valence-electron chi connectivity index (χ4n) is 3.05. The third-order valence-electron chi connectivity index (χ3n) is 4.60. The van der Waals surface area contributed by atoms with Crippen LogP contribution in [-0.4, -0.2) is 61.9 Å². The Bertz CT molecular complexity index is 1010. The molecule has 148 valence electrons. The average Bonchev–Trinajstić information content (AvgIpc) is 2.77.